The van der Waals surface area contributed by atoms with Gasteiger partial charge in [-0.3, -0.25) is 9.59 Å². The molecule has 1 heterocycles. The van der Waals surface area contributed by atoms with Crippen LogP contribution < -0.4 is 16.0 Å². The highest BCUT2D eigenvalue weighted by atomic mass is 16.2. The fourth-order valence-corrected chi connectivity index (χ4v) is 2.03. The first-order valence-electron chi connectivity index (χ1n) is 6.60. The molecule has 1 fully saturated rings. The molecule has 2 amide bonds. The Balaban J connectivity index is 2.00. The molecule has 19 heavy (non-hydrogen) atoms. The van der Waals surface area contributed by atoms with Gasteiger partial charge in [0, 0.05) is 30.3 Å². The number of hydrogen-bond acceptors (Lipinski definition) is 3. The molecule has 1 saturated heterocycles. The number of anilines is 1. The molecule has 1 aliphatic rings. The summed E-state index contributed by atoms with van der Waals surface area (Å²) in [6.45, 7) is 3.55. The van der Waals surface area contributed by atoms with Crippen molar-refractivity contribution in [2.45, 2.75) is 25.8 Å². The fourth-order valence-electron chi connectivity index (χ4n) is 2.03. The van der Waals surface area contributed by atoms with E-state index in [0.29, 0.717) is 17.7 Å². The van der Waals surface area contributed by atoms with Crippen LogP contribution >= 0.6 is 0 Å². The molecule has 0 aromatic heterocycles. The Kier molecular flexibility index (Phi) is 4.52. The predicted octanol–water partition coefficient (Wildman–Crippen LogP) is 1.13. The average molecular weight is 261 g/mol. The van der Waals surface area contributed by atoms with Gasteiger partial charge in [0.15, 0.2) is 0 Å². The van der Waals surface area contributed by atoms with Gasteiger partial charge in [0.1, 0.15) is 0 Å². The Morgan fingerprint density at radius 1 is 1.42 bits per heavy atom. The smallest absolute Gasteiger partial charge is 0.251 e. The Morgan fingerprint density at radius 2 is 2.26 bits per heavy atom. The molecule has 1 aromatic rings. The molecule has 0 spiro atoms. The first-order valence-corrected chi connectivity index (χ1v) is 6.60. The number of amides is 2. The van der Waals surface area contributed by atoms with E-state index in [1.54, 1.807) is 31.2 Å². The molecule has 3 N–H and O–H groups in total. The van der Waals surface area contributed by atoms with Gasteiger partial charge in [0.2, 0.25) is 5.91 Å². The zero-order chi connectivity index (χ0) is 13.7. The van der Waals surface area contributed by atoms with Gasteiger partial charge >= 0.3 is 0 Å². The first kappa shape index (κ1) is 13.5. The molecule has 5 heteroatoms. The van der Waals surface area contributed by atoms with Crippen LogP contribution in [0.1, 0.15) is 30.1 Å². The summed E-state index contributed by atoms with van der Waals surface area (Å²) in [5.41, 5.74) is 1.23. The minimum atomic E-state index is -0.0960. The summed E-state index contributed by atoms with van der Waals surface area (Å²) < 4.78 is 0. The number of rotatable bonds is 4. The van der Waals surface area contributed by atoms with Gasteiger partial charge in [-0.05, 0) is 31.2 Å². The maximum atomic E-state index is 12.1. The topological polar surface area (TPSA) is 70.2 Å². The predicted molar refractivity (Wildman–Crippen MR) is 74.1 cm³/mol. The van der Waals surface area contributed by atoms with Crippen LogP contribution in [0, 0.1) is 0 Å². The third-order valence-corrected chi connectivity index (χ3v) is 3.13. The summed E-state index contributed by atoms with van der Waals surface area (Å²) >= 11 is 0. The second-order valence-corrected chi connectivity index (χ2v) is 4.65. The number of carbonyl (C=O) groups is 2. The lowest BCUT2D eigenvalue weighted by Crippen LogP contribution is -2.36. The SMILES string of the molecule is CCC(=O)Nc1cccc(C(=O)NC2CCNC2)c1. The molecular formula is C14H19N3O2. The maximum absolute atomic E-state index is 12.1. The van der Waals surface area contributed by atoms with Crippen LogP contribution in [0.3, 0.4) is 0 Å². The summed E-state index contributed by atoms with van der Waals surface area (Å²) in [6.07, 6.45) is 1.38. The minimum absolute atomic E-state index is 0.0578. The highest BCUT2D eigenvalue weighted by Crippen LogP contribution is 2.11. The molecule has 0 bridgehead atoms. The van der Waals surface area contributed by atoms with Crippen molar-refractivity contribution in [3.63, 3.8) is 0 Å². The van der Waals surface area contributed by atoms with E-state index >= 15 is 0 Å². The molecule has 2 rings (SSSR count). The third-order valence-electron chi connectivity index (χ3n) is 3.13. The normalized spacial score (nSPS) is 18.1. The molecule has 0 aliphatic carbocycles. The number of carbonyl (C=O) groups excluding carboxylic acids is 2. The quantitative estimate of drug-likeness (QED) is 0.761. The van der Waals surface area contributed by atoms with E-state index in [2.05, 4.69) is 16.0 Å². The second-order valence-electron chi connectivity index (χ2n) is 4.65. The van der Waals surface area contributed by atoms with E-state index in [4.69, 9.17) is 0 Å². The summed E-state index contributed by atoms with van der Waals surface area (Å²) in [5, 5.41) is 8.93. The van der Waals surface area contributed by atoms with E-state index in [1.165, 1.54) is 0 Å². The molecule has 0 radical (unpaired) electrons. The average Bonchev–Trinajstić information content (AvgIpc) is 2.91. The standard InChI is InChI=1S/C14H19N3O2/c1-2-13(18)16-11-5-3-4-10(8-11)14(19)17-12-6-7-15-9-12/h3-5,8,12,15H,2,6-7,9H2,1H3,(H,16,18)(H,17,19). The van der Waals surface area contributed by atoms with E-state index in [-0.39, 0.29) is 17.9 Å². The van der Waals surface area contributed by atoms with Gasteiger partial charge in [0.05, 0.1) is 0 Å². The Hall–Kier alpha value is -1.88. The van der Waals surface area contributed by atoms with Crippen molar-refractivity contribution < 1.29 is 9.59 Å². The summed E-state index contributed by atoms with van der Waals surface area (Å²) in [7, 11) is 0. The Labute approximate surface area is 112 Å². The van der Waals surface area contributed by atoms with Gasteiger partial charge in [-0.2, -0.15) is 0 Å². The molecule has 1 aromatic carbocycles. The monoisotopic (exact) mass is 261 g/mol. The van der Waals surface area contributed by atoms with Crippen LogP contribution in [0.2, 0.25) is 0 Å². The second kappa shape index (κ2) is 6.33. The molecule has 0 saturated carbocycles. The van der Waals surface area contributed by atoms with Crippen LogP contribution in [-0.2, 0) is 4.79 Å². The van der Waals surface area contributed by atoms with Gasteiger partial charge < -0.3 is 16.0 Å². The summed E-state index contributed by atoms with van der Waals surface area (Å²) in [4.78, 5) is 23.4. The van der Waals surface area contributed by atoms with Crippen LogP contribution in [0.15, 0.2) is 24.3 Å². The zero-order valence-corrected chi connectivity index (χ0v) is 11.0. The van der Waals surface area contributed by atoms with Crippen molar-refractivity contribution in [3.8, 4) is 0 Å². The maximum Gasteiger partial charge on any atom is 0.251 e. The Bertz CT molecular complexity index is 468. The van der Waals surface area contributed by atoms with E-state index in [9.17, 15) is 9.59 Å². The van der Waals surface area contributed by atoms with Gasteiger partial charge in [-0.25, -0.2) is 0 Å². The highest BCUT2D eigenvalue weighted by molar-refractivity contribution is 5.97. The van der Waals surface area contributed by atoms with Crippen molar-refractivity contribution in [3.05, 3.63) is 29.8 Å². The van der Waals surface area contributed by atoms with Crippen LogP contribution in [0.5, 0.6) is 0 Å². The largest absolute Gasteiger partial charge is 0.348 e. The molecule has 1 atom stereocenters. The van der Waals surface area contributed by atoms with Crippen molar-refractivity contribution in [2.75, 3.05) is 18.4 Å². The highest BCUT2D eigenvalue weighted by Gasteiger charge is 2.17. The first-order chi connectivity index (χ1) is 9.19. The van der Waals surface area contributed by atoms with Crippen LogP contribution in [0.4, 0.5) is 5.69 Å². The minimum Gasteiger partial charge on any atom is -0.348 e. The molecule has 1 unspecified atom stereocenters. The lowest BCUT2D eigenvalue weighted by Gasteiger charge is -2.12. The number of benzene rings is 1. The van der Waals surface area contributed by atoms with E-state index in [1.807, 2.05) is 0 Å². The Morgan fingerprint density at radius 3 is 2.95 bits per heavy atom. The third kappa shape index (κ3) is 3.79. The molecule has 5 nitrogen and oxygen atoms in total. The fraction of sp³-hybridized carbons (Fsp3) is 0.429. The van der Waals surface area contributed by atoms with Gasteiger partial charge in [-0.15, -0.1) is 0 Å². The van der Waals surface area contributed by atoms with Gasteiger partial charge in [-0.1, -0.05) is 13.0 Å². The number of hydrogen-bond donors (Lipinski definition) is 3. The van der Waals surface area contributed by atoms with Crippen LogP contribution in [0.25, 0.3) is 0 Å². The lowest BCUT2D eigenvalue weighted by molar-refractivity contribution is -0.115. The van der Waals surface area contributed by atoms with Gasteiger partial charge in [0.25, 0.3) is 5.91 Å². The molecule has 1 aliphatic heterocycles. The lowest BCUT2D eigenvalue weighted by atomic mass is 10.1. The number of nitrogens with one attached hydrogen (secondary N) is 3. The van der Waals surface area contributed by atoms with Crippen LogP contribution in [-0.4, -0.2) is 30.9 Å². The summed E-state index contributed by atoms with van der Waals surface area (Å²) in [6, 6.07) is 7.19. The molecule has 102 valence electrons. The van der Waals surface area contributed by atoms with Crippen molar-refractivity contribution in [1.82, 2.24) is 10.6 Å². The van der Waals surface area contributed by atoms with Crippen molar-refractivity contribution in [2.24, 2.45) is 0 Å². The van der Waals surface area contributed by atoms with Crippen molar-refractivity contribution >= 4 is 17.5 Å². The molecular weight excluding hydrogens is 242 g/mol. The zero-order valence-electron chi connectivity index (χ0n) is 11.0. The van der Waals surface area contributed by atoms with E-state index in [0.717, 1.165) is 19.5 Å². The van der Waals surface area contributed by atoms with Crippen molar-refractivity contribution in [1.29, 1.82) is 0 Å². The summed E-state index contributed by atoms with van der Waals surface area (Å²) in [5.74, 6) is -0.154. The van der Waals surface area contributed by atoms with E-state index < -0.39 is 0 Å².